The summed E-state index contributed by atoms with van der Waals surface area (Å²) in [5.41, 5.74) is 5.84. The second kappa shape index (κ2) is 6.44. The highest BCUT2D eigenvalue weighted by atomic mass is 79.9. The van der Waals surface area contributed by atoms with E-state index in [1.165, 1.54) is 12.1 Å². The van der Waals surface area contributed by atoms with Crippen molar-refractivity contribution in [2.45, 2.75) is 17.4 Å². The normalized spacial score (nSPS) is 13.8. The number of nitrogens with two attached hydrogens (primary N) is 1. The van der Waals surface area contributed by atoms with Gasteiger partial charge in [-0.15, -0.1) is 0 Å². The highest BCUT2D eigenvalue weighted by molar-refractivity contribution is 9.11. The standard InChI is InChI=1S/C9H10Br2F2N2O3S/c10-5-1-4(14)2-6(11)8(5)19(17,18)15-3-7(16)9(12)13/h1-2,7,9,15-16H,3,14H2. The number of anilines is 1. The SMILES string of the molecule is Nc1cc(Br)c(S(=O)(=O)NCC(O)C(F)F)c(Br)c1. The summed E-state index contributed by atoms with van der Waals surface area (Å²) >= 11 is 6.06. The molecule has 1 atom stereocenters. The minimum absolute atomic E-state index is 0.178. The molecule has 10 heteroatoms. The molecule has 0 saturated carbocycles. The van der Waals surface area contributed by atoms with Crippen LogP contribution in [0.1, 0.15) is 0 Å². The van der Waals surface area contributed by atoms with E-state index in [2.05, 4.69) is 31.9 Å². The number of aliphatic hydroxyl groups excluding tert-OH is 1. The molecule has 0 heterocycles. The molecule has 19 heavy (non-hydrogen) atoms. The number of rotatable bonds is 5. The predicted octanol–water partition coefficient (Wildman–Crippen LogP) is 1.70. The van der Waals surface area contributed by atoms with Crippen LogP contribution < -0.4 is 10.5 Å². The highest BCUT2D eigenvalue weighted by Gasteiger charge is 2.25. The molecule has 1 aromatic carbocycles. The maximum Gasteiger partial charge on any atom is 0.265 e. The van der Waals surface area contributed by atoms with Crippen molar-refractivity contribution in [3.8, 4) is 0 Å². The molecule has 0 radical (unpaired) electrons. The Morgan fingerprint density at radius 2 is 1.79 bits per heavy atom. The zero-order valence-electron chi connectivity index (χ0n) is 9.28. The fourth-order valence-electron chi connectivity index (χ4n) is 1.19. The average molecular weight is 424 g/mol. The smallest absolute Gasteiger partial charge is 0.265 e. The highest BCUT2D eigenvalue weighted by Crippen LogP contribution is 2.32. The van der Waals surface area contributed by atoms with Crippen LogP contribution in [0.25, 0.3) is 0 Å². The van der Waals surface area contributed by atoms with Crippen LogP contribution in [-0.4, -0.2) is 32.6 Å². The summed E-state index contributed by atoms with van der Waals surface area (Å²) in [6, 6.07) is 2.73. The summed E-state index contributed by atoms with van der Waals surface area (Å²) in [6.07, 6.45) is -5.10. The van der Waals surface area contributed by atoms with Crippen LogP contribution >= 0.6 is 31.9 Å². The third-order valence-corrected chi connectivity index (χ3v) is 5.36. The van der Waals surface area contributed by atoms with Crippen LogP contribution in [0.15, 0.2) is 26.0 Å². The Labute approximate surface area is 125 Å². The second-order valence-electron chi connectivity index (χ2n) is 3.57. The first-order chi connectivity index (χ1) is 8.65. The average Bonchev–Trinajstić information content (AvgIpc) is 2.23. The molecule has 4 N–H and O–H groups in total. The lowest BCUT2D eigenvalue weighted by Gasteiger charge is -2.13. The summed E-state index contributed by atoms with van der Waals surface area (Å²) in [5.74, 6) is 0. The Morgan fingerprint density at radius 1 is 1.32 bits per heavy atom. The molecule has 0 aliphatic heterocycles. The van der Waals surface area contributed by atoms with Gasteiger partial charge in [0.2, 0.25) is 10.0 Å². The molecule has 0 aliphatic rings. The Kier molecular flexibility index (Phi) is 5.68. The minimum atomic E-state index is -4.06. The van der Waals surface area contributed by atoms with Crippen molar-refractivity contribution in [1.82, 2.24) is 4.72 Å². The van der Waals surface area contributed by atoms with Crippen LogP contribution in [0, 0.1) is 0 Å². The van der Waals surface area contributed by atoms with Crippen molar-refractivity contribution in [1.29, 1.82) is 0 Å². The molecule has 0 aromatic heterocycles. The Hall–Kier alpha value is -0.290. The van der Waals surface area contributed by atoms with Gasteiger partial charge in [0, 0.05) is 21.2 Å². The first-order valence-corrected chi connectivity index (χ1v) is 7.92. The monoisotopic (exact) mass is 422 g/mol. The summed E-state index contributed by atoms with van der Waals surface area (Å²) in [4.78, 5) is -0.178. The van der Waals surface area contributed by atoms with Gasteiger partial charge in [-0.3, -0.25) is 0 Å². The second-order valence-corrected chi connectivity index (χ2v) is 6.98. The van der Waals surface area contributed by atoms with Crippen LogP contribution in [0.2, 0.25) is 0 Å². The maximum atomic E-state index is 12.1. The third-order valence-electron chi connectivity index (χ3n) is 2.06. The number of halogens is 4. The van der Waals surface area contributed by atoms with Crippen molar-refractivity contribution < 1.29 is 22.3 Å². The molecule has 0 bridgehead atoms. The zero-order chi connectivity index (χ0) is 14.8. The fraction of sp³-hybridized carbons (Fsp3) is 0.333. The summed E-state index contributed by atoms with van der Waals surface area (Å²) < 4.78 is 50.3. The lowest BCUT2D eigenvalue weighted by molar-refractivity contribution is -0.000453. The number of aliphatic hydroxyl groups is 1. The third kappa shape index (κ3) is 4.35. The molecule has 0 saturated heterocycles. The number of nitrogen functional groups attached to an aromatic ring is 1. The lowest BCUT2D eigenvalue weighted by atomic mass is 10.3. The van der Waals surface area contributed by atoms with Crippen molar-refractivity contribution >= 4 is 47.6 Å². The predicted molar refractivity (Wildman–Crippen MR) is 73.5 cm³/mol. The zero-order valence-corrected chi connectivity index (χ0v) is 13.3. The molecular weight excluding hydrogens is 414 g/mol. The topological polar surface area (TPSA) is 92.4 Å². The van der Waals surface area contributed by atoms with Crippen molar-refractivity contribution in [3.63, 3.8) is 0 Å². The van der Waals surface area contributed by atoms with Gasteiger partial charge in [0.1, 0.15) is 11.0 Å². The lowest BCUT2D eigenvalue weighted by Crippen LogP contribution is -2.36. The van der Waals surface area contributed by atoms with Gasteiger partial charge in [0.05, 0.1) is 0 Å². The number of benzene rings is 1. The van der Waals surface area contributed by atoms with E-state index in [0.717, 1.165) is 0 Å². The van der Waals surface area contributed by atoms with Gasteiger partial charge in [-0.05, 0) is 44.0 Å². The van der Waals surface area contributed by atoms with Crippen LogP contribution in [0.4, 0.5) is 14.5 Å². The Bertz CT molecular complexity index is 546. The van der Waals surface area contributed by atoms with Crippen molar-refractivity contribution in [3.05, 3.63) is 21.1 Å². The van der Waals surface area contributed by atoms with Crippen molar-refractivity contribution in [2.24, 2.45) is 0 Å². The van der Waals surface area contributed by atoms with E-state index in [0.29, 0.717) is 5.69 Å². The molecular formula is C9H10Br2F2N2O3S. The molecule has 1 unspecified atom stereocenters. The molecule has 0 fully saturated rings. The molecule has 0 amide bonds. The Morgan fingerprint density at radius 3 is 2.21 bits per heavy atom. The quantitative estimate of drug-likeness (QED) is 0.628. The van der Waals surface area contributed by atoms with E-state index >= 15 is 0 Å². The fourth-order valence-corrected chi connectivity index (χ4v) is 4.86. The van der Waals surface area contributed by atoms with E-state index in [1.54, 1.807) is 0 Å². The maximum absolute atomic E-state index is 12.1. The van der Waals surface area contributed by atoms with Gasteiger partial charge in [0.15, 0.2) is 0 Å². The molecule has 108 valence electrons. The van der Waals surface area contributed by atoms with Crippen LogP contribution in [-0.2, 0) is 10.0 Å². The Balaban J connectivity index is 3.02. The molecule has 1 aromatic rings. The van der Waals surface area contributed by atoms with E-state index < -0.39 is 29.1 Å². The van der Waals surface area contributed by atoms with Gasteiger partial charge in [0.25, 0.3) is 6.43 Å². The van der Waals surface area contributed by atoms with E-state index in [1.807, 2.05) is 4.72 Å². The van der Waals surface area contributed by atoms with Gasteiger partial charge in [-0.1, -0.05) is 0 Å². The van der Waals surface area contributed by atoms with E-state index in [4.69, 9.17) is 10.8 Å². The van der Waals surface area contributed by atoms with Crippen LogP contribution in [0.3, 0.4) is 0 Å². The van der Waals surface area contributed by atoms with Crippen LogP contribution in [0.5, 0.6) is 0 Å². The van der Waals surface area contributed by atoms with Gasteiger partial charge in [-0.25, -0.2) is 21.9 Å². The largest absolute Gasteiger partial charge is 0.399 e. The summed E-state index contributed by atoms with van der Waals surface area (Å²) in [7, 11) is -4.06. The molecule has 5 nitrogen and oxygen atoms in total. The van der Waals surface area contributed by atoms with Gasteiger partial charge < -0.3 is 10.8 Å². The van der Waals surface area contributed by atoms with E-state index in [9.17, 15) is 17.2 Å². The molecule has 1 rings (SSSR count). The van der Waals surface area contributed by atoms with Gasteiger partial charge >= 0.3 is 0 Å². The first-order valence-electron chi connectivity index (χ1n) is 4.85. The van der Waals surface area contributed by atoms with E-state index in [-0.39, 0.29) is 13.8 Å². The molecule has 0 spiro atoms. The number of sulfonamides is 1. The summed E-state index contributed by atoms with van der Waals surface area (Å²) in [6.45, 7) is -0.788. The number of hydrogen-bond acceptors (Lipinski definition) is 4. The number of nitrogens with one attached hydrogen (secondary N) is 1. The molecule has 0 aliphatic carbocycles. The van der Waals surface area contributed by atoms with Crippen molar-refractivity contribution in [2.75, 3.05) is 12.3 Å². The summed E-state index contributed by atoms with van der Waals surface area (Å²) in [5, 5.41) is 8.90. The minimum Gasteiger partial charge on any atom is -0.399 e. The first kappa shape index (κ1) is 16.8. The number of alkyl halides is 2. The van der Waals surface area contributed by atoms with Gasteiger partial charge in [-0.2, -0.15) is 0 Å². The number of hydrogen-bond donors (Lipinski definition) is 3.